The summed E-state index contributed by atoms with van der Waals surface area (Å²) in [6.07, 6.45) is 10.2. The fourth-order valence-electron chi connectivity index (χ4n) is 16.5. The second-order valence-corrected chi connectivity index (χ2v) is 33.8. The normalized spacial score (nSPS) is 17.3. The number of ether oxygens (including phenoxy) is 5. The van der Waals surface area contributed by atoms with Gasteiger partial charge in [-0.25, -0.2) is 24.9 Å². The first kappa shape index (κ1) is 85.9. The summed E-state index contributed by atoms with van der Waals surface area (Å²) < 4.78 is 40.8. The summed E-state index contributed by atoms with van der Waals surface area (Å²) in [5.74, 6) is 8.24. The van der Waals surface area contributed by atoms with Crippen LogP contribution in [-0.2, 0) is 64.8 Å². The number of nitrogen functional groups attached to an aromatic ring is 5. The Bertz CT molecular complexity index is 4530. The van der Waals surface area contributed by atoms with Crippen molar-refractivity contribution in [3.05, 3.63) is 88.5 Å². The monoisotopic (exact) mass is 1570 g/mol. The molecule has 0 bridgehead atoms. The molecule has 0 fully saturated rings. The number of hydrogen-bond donors (Lipinski definition) is 6. The van der Waals surface area contributed by atoms with Gasteiger partial charge in [-0.1, -0.05) is 0 Å². The molecule has 0 radical (unpaired) electrons. The molecule has 5 atom stereocenters. The number of rotatable bonds is 29. The molecule has 0 amide bonds. The van der Waals surface area contributed by atoms with E-state index in [-0.39, 0.29) is 31.0 Å². The van der Waals surface area contributed by atoms with Crippen LogP contribution in [0.15, 0.2) is 60.7 Å². The predicted molar refractivity (Wildman–Crippen MR) is 463 cm³/mol. The van der Waals surface area contributed by atoms with Crippen molar-refractivity contribution in [1.29, 1.82) is 0 Å². The van der Waals surface area contributed by atoms with Gasteiger partial charge in [0.15, 0.2) is 0 Å². The number of anilines is 5. The van der Waals surface area contributed by atoms with Crippen molar-refractivity contribution >= 4 is 84.9 Å². The Morgan fingerprint density at radius 1 is 0.307 bits per heavy atom. The zero-order valence-electron chi connectivity index (χ0n) is 71.4. The second kappa shape index (κ2) is 38.7. The standard InChI is InChI=1S/C18H29N5O.3C17H27N5O.C15H22N4O2/c1-21(2)8-5-9-23-17-14-10-13(11-22(3)4)12-24-16(14)7-6-15(17)20-18(23)19;3*1-20(2)8-5-9-22-16-13-10-12(11-21(3)4)23-15(13)7-6-14(16)19-17(22)18;1-18(2)6-3-7-19-14-11-8-10(9-20)21-13(11)5-4-12(14)17-15(19)16/h6-7,13H,5,8-12H2,1-4H3,(H2,19,20);3*6-7,12H,5,8-11H2,1-4H3,(H2,18,19);4-5,10,20H,3,6-9H2,1-2H3,(H2,16,17)/t;2*12-;;/m.10../s1. The van der Waals surface area contributed by atoms with Crippen molar-refractivity contribution in [2.45, 2.75) is 121 Å². The fourth-order valence-corrected chi connectivity index (χ4v) is 16.5. The first-order chi connectivity index (χ1) is 54.4. The lowest BCUT2D eigenvalue weighted by molar-refractivity contribution is 0.134. The van der Waals surface area contributed by atoms with Crippen LogP contribution >= 0.6 is 0 Å². The zero-order chi connectivity index (χ0) is 81.9. The molecule has 0 aliphatic carbocycles. The SMILES string of the molecule is CN(C)CCCn1c(N)nc2ccc3c(c21)CC(CN(C)C)CO3.CN(C)CCCn1c(N)nc2ccc3c(c21)CC(CN(C)C)O3.CN(C)CCCn1c(N)nc2ccc3c(c21)CC(CO)O3.CN(C)CCCn1c(N)nc2ccc3c(c21)C[C@@H](CN(C)C)O3.CN(C)CCCn1c(N)nc2ccc3c(c21)C[C@H](CN(C)C)O3. The van der Waals surface area contributed by atoms with Crippen LogP contribution < -0.4 is 52.4 Å². The van der Waals surface area contributed by atoms with Gasteiger partial charge in [0, 0.05) is 118 Å². The molecule has 5 aromatic carbocycles. The van der Waals surface area contributed by atoms with E-state index in [1.165, 1.54) is 22.3 Å². The van der Waals surface area contributed by atoms with Crippen LogP contribution in [0, 0.1) is 5.92 Å². The average molecular weight is 1570 g/mol. The lowest BCUT2D eigenvalue weighted by atomic mass is 9.95. The fraction of sp³-hybridized carbons (Fsp3) is 0.583. The Kier molecular flexibility index (Phi) is 29.1. The first-order valence-electron chi connectivity index (χ1n) is 40.5. The van der Waals surface area contributed by atoms with E-state index >= 15 is 0 Å². The van der Waals surface area contributed by atoms with Crippen molar-refractivity contribution in [3.63, 3.8) is 0 Å². The number of nitrogens with two attached hydrogens (primary N) is 5. The van der Waals surface area contributed by atoms with Crippen molar-refractivity contribution in [3.8, 4) is 28.7 Å². The minimum absolute atomic E-state index is 0.0282. The van der Waals surface area contributed by atoms with Crippen molar-refractivity contribution in [2.24, 2.45) is 5.92 Å². The van der Waals surface area contributed by atoms with Gasteiger partial charge in [-0.2, -0.15) is 0 Å². The van der Waals surface area contributed by atoms with Crippen LogP contribution in [0.2, 0.25) is 0 Å². The van der Waals surface area contributed by atoms with Crippen LogP contribution in [0.5, 0.6) is 28.7 Å². The van der Waals surface area contributed by atoms with E-state index in [9.17, 15) is 5.11 Å². The molecule has 10 aromatic rings. The van der Waals surface area contributed by atoms with E-state index in [0.29, 0.717) is 42.1 Å². The van der Waals surface area contributed by atoms with Crippen LogP contribution in [0.25, 0.3) is 55.2 Å². The van der Waals surface area contributed by atoms with E-state index in [1.54, 1.807) is 0 Å². The minimum Gasteiger partial charge on any atom is -0.493 e. The quantitative estimate of drug-likeness (QED) is 0.0279. The number of benzene rings is 5. The Balaban J connectivity index is 0.000000141. The van der Waals surface area contributed by atoms with Crippen LogP contribution in [0.3, 0.4) is 0 Å². The second-order valence-electron chi connectivity index (χ2n) is 33.8. The van der Waals surface area contributed by atoms with Gasteiger partial charge in [-0.05, 0) is 259 Å². The van der Waals surface area contributed by atoms with E-state index in [0.717, 1.165) is 245 Å². The largest absolute Gasteiger partial charge is 0.493 e. The molecule has 5 aliphatic heterocycles. The number of aliphatic hydroxyl groups is 1. The maximum absolute atomic E-state index is 9.31. The number of aryl methyl sites for hydroxylation is 5. The minimum atomic E-state index is -0.156. The topological polar surface area (TPSA) is 315 Å². The molecular weight excluding hydrogens is 1440 g/mol. The molecular formula is C84H132N24O6. The first-order valence-corrected chi connectivity index (χ1v) is 40.5. The van der Waals surface area contributed by atoms with Gasteiger partial charge < -0.3 is 124 Å². The number of likely N-dealkylation sites (N-methyl/N-ethyl adjacent to an activating group) is 3. The van der Waals surface area contributed by atoms with Crippen molar-refractivity contribution in [1.82, 2.24) is 91.9 Å². The number of aliphatic hydroxyl groups excluding tert-OH is 1. The highest BCUT2D eigenvalue weighted by Gasteiger charge is 2.33. The van der Waals surface area contributed by atoms with Gasteiger partial charge in [0.2, 0.25) is 29.7 Å². The van der Waals surface area contributed by atoms with Gasteiger partial charge in [0.25, 0.3) is 0 Å². The number of imidazole rings is 5. The lowest BCUT2D eigenvalue weighted by Crippen LogP contribution is -2.31. The summed E-state index contributed by atoms with van der Waals surface area (Å²) in [5.41, 5.74) is 47.4. The van der Waals surface area contributed by atoms with Crippen LogP contribution in [0.1, 0.15) is 59.9 Å². The smallest absolute Gasteiger partial charge is 0.201 e. The Hall–Kier alpha value is -8.95. The summed E-state index contributed by atoms with van der Waals surface area (Å²) >= 11 is 0. The Morgan fingerprint density at radius 3 is 0.772 bits per heavy atom. The van der Waals surface area contributed by atoms with Gasteiger partial charge >= 0.3 is 0 Å². The lowest BCUT2D eigenvalue weighted by Gasteiger charge is -2.28. The third kappa shape index (κ3) is 21.2. The number of hydrogen-bond acceptors (Lipinski definition) is 25. The van der Waals surface area contributed by atoms with Crippen molar-refractivity contribution in [2.75, 3.05) is 228 Å². The summed E-state index contributed by atoms with van der Waals surface area (Å²) in [7, 11) is 37.5. The molecule has 30 nitrogen and oxygen atoms in total. The highest BCUT2D eigenvalue weighted by Crippen LogP contribution is 2.42. The van der Waals surface area contributed by atoms with E-state index in [1.807, 2.05) is 60.7 Å². The summed E-state index contributed by atoms with van der Waals surface area (Å²) in [5, 5.41) is 9.31. The summed E-state index contributed by atoms with van der Waals surface area (Å²) in [6, 6.07) is 20.1. The maximum atomic E-state index is 9.31. The predicted octanol–water partition coefficient (Wildman–Crippen LogP) is 6.85. The molecule has 30 heteroatoms. The van der Waals surface area contributed by atoms with Gasteiger partial charge in [0.1, 0.15) is 53.2 Å². The molecule has 11 N–H and O–H groups in total. The average Bonchev–Trinajstić information content (AvgIpc) is 1.41. The van der Waals surface area contributed by atoms with Gasteiger partial charge in [-0.15, -0.1) is 0 Å². The molecule has 15 rings (SSSR count). The van der Waals surface area contributed by atoms with Crippen molar-refractivity contribution < 1.29 is 28.8 Å². The molecule has 5 aromatic heterocycles. The maximum Gasteiger partial charge on any atom is 0.201 e. The highest BCUT2D eigenvalue weighted by molar-refractivity contribution is 5.88. The van der Waals surface area contributed by atoms with E-state index < -0.39 is 0 Å². The van der Waals surface area contributed by atoms with Crippen LogP contribution in [0.4, 0.5) is 29.7 Å². The molecule has 0 saturated heterocycles. The molecule has 0 spiro atoms. The Morgan fingerprint density at radius 2 is 0.535 bits per heavy atom. The summed E-state index contributed by atoms with van der Waals surface area (Å²) in [6.45, 7) is 14.1. The highest BCUT2D eigenvalue weighted by atomic mass is 16.5. The molecule has 10 heterocycles. The Labute approximate surface area is 674 Å². The van der Waals surface area contributed by atoms with E-state index in [2.05, 4.69) is 219 Å². The number of nitrogens with zero attached hydrogens (tertiary/aromatic N) is 19. The molecule has 5 aliphatic rings. The molecule has 3 unspecified atom stereocenters. The third-order valence-corrected chi connectivity index (χ3v) is 21.3. The van der Waals surface area contributed by atoms with E-state index in [4.69, 9.17) is 52.4 Å². The van der Waals surface area contributed by atoms with Crippen LogP contribution in [-0.4, -0.2) is 320 Å². The number of fused-ring (bicyclic) bond motifs is 15. The number of aromatic nitrogens is 10. The molecule has 0 saturated carbocycles. The molecule has 114 heavy (non-hydrogen) atoms. The van der Waals surface area contributed by atoms with Gasteiger partial charge in [-0.3, -0.25) is 0 Å². The molecule has 624 valence electrons. The van der Waals surface area contributed by atoms with Gasteiger partial charge in [0.05, 0.1) is 68.4 Å². The third-order valence-electron chi connectivity index (χ3n) is 21.3. The zero-order valence-corrected chi connectivity index (χ0v) is 71.4. The summed E-state index contributed by atoms with van der Waals surface area (Å²) in [4.78, 5) is 42.3.